The molecule has 0 aliphatic heterocycles. The van der Waals surface area contributed by atoms with Gasteiger partial charge in [-0.3, -0.25) is 4.79 Å². The van der Waals surface area contributed by atoms with Gasteiger partial charge >= 0.3 is 0 Å². The van der Waals surface area contributed by atoms with E-state index in [1.807, 2.05) is 6.92 Å². The second kappa shape index (κ2) is 5.44. The monoisotopic (exact) mass is 247 g/mol. The molecule has 0 atom stereocenters. The van der Waals surface area contributed by atoms with Crippen molar-refractivity contribution >= 4 is 5.82 Å². The van der Waals surface area contributed by atoms with Gasteiger partial charge in [-0.2, -0.15) is 0 Å². The van der Waals surface area contributed by atoms with Crippen molar-refractivity contribution in [3.63, 3.8) is 0 Å². The maximum atomic E-state index is 12.7. The van der Waals surface area contributed by atoms with Gasteiger partial charge in [0, 0.05) is 19.0 Å². The molecular weight excluding hydrogens is 233 g/mol. The Morgan fingerprint density at radius 2 is 2.06 bits per heavy atom. The second-order valence-corrected chi connectivity index (χ2v) is 3.91. The number of hydrogen-bond acceptors (Lipinski definition) is 3. The third kappa shape index (κ3) is 3.16. The van der Waals surface area contributed by atoms with Gasteiger partial charge in [0.25, 0.3) is 5.56 Å². The van der Waals surface area contributed by atoms with Crippen molar-refractivity contribution in [1.82, 2.24) is 9.97 Å². The SMILES string of the molecule is CCc1nc(NCc2ccc(F)cc2)cc(=O)[nH]1. The molecule has 0 amide bonds. The average Bonchev–Trinajstić information content (AvgIpc) is 2.37. The molecule has 4 nitrogen and oxygen atoms in total. The number of aromatic nitrogens is 2. The smallest absolute Gasteiger partial charge is 0.252 e. The quantitative estimate of drug-likeness (QED) is 0.869. The third-order valence-electron chi connectivity index (χ3n) is 2.51. The maximum absolute atomic E-state index is 12.7. The normalized spacial score (nSPS) is 10.3. The van der Waals surface area contributed by atoms with Crippen LogP contribution in [-0.4, -0.2) is 9.97 Å². The molecule has 1 aromatic carbocycles. The predicted molar refractivity (Wildman–Crippen MR) is 68.0 cm³/mol. The Hall–Kier alpha value is -2.17. The molecule has 5 heteroatoms. The molecule has 0 saturated carbocycles. The summed E-state index contributed by atoms with van der Waals surface area (Å²) >= 11 is 0. The van der Waals surface area contributed by atoms with Crippen LogP contribution < -0.4 is 10.9 Å². The van der Waals surface area contributed by atoms with Crippen LogP contribution in [0.15, 0.2) is 35.1 Å². The number of nitrogens with one attached hydrogen (secondary N) is 2. The van der Waals surface area contributed by atoms with E-state index in [2.05, 4.69) is 15.3 Å². The van der Waals surface area contributed by atoms with Crippen LogP contribution in [0.4, 0.5) is 10.2 Å². The minimum atomic E-state index is -0.263. The highest BCUT2D eigenvalue weighted by atomic mass is 19.1. The van der Waals surface area contributed by atoms with E-state index in [1.54, 1.807) is 12.1 Å². The Bertz CT molecular complexity index is 578. The molecule has 18 heavy (non-hydrogen) atoms. The molecule has 1 aromatic heterocycles. The number of halogens is 1. The number of hydrogen-bond donors (Lipinski definition) is 2. The first-order valence-electron chi connectivity index (χ1n) is 5.76. The highest BCUT2D eigenvalue weighted by Crippen LogP contribution is 2.06. The van der Waals surface area contributed by atoms with Crippen LogP contribution in [0.3, 0.4) is 0 Å². The maximum Gasteiger partial charge on any atom is 0.252 e. The summed E-state index contributed by atoms with van der Waals surface area (Å²) in [4.78, 5) is 18.2. The molecule has 2 aromatic rings. The van der Waals surface area contributed by atoms with Crippen molar-refractivity contribution in [2.75, 3.05) is 5.32 Å². The molecule has 0 radical (unpaired) electrons. The zero-order chi connectivity index (χ0) is 13.0. The lowest BCUT2D eigenvalue weighted by atomic mass is 10.2. The van der Waals surface area contributed by atoms with Crippen LogP contribution in [-0.2, 0) is 13.0 Å². The average molecular weight is 247 g/mol. The van der Waals surface area contributed by atoms with Gasteiger partial charge in [0.15, 0.2) is 0 Å². The summed E-state index contributed by atoms with van der Waals surface area (Å²) in [6.45, 7) is 2.42. The number of aromatic amines is 1. The standard InChI is InChI=1S/C13H14FN3O/c1-2-11-16-12(7-13(18)17-11)15-8-9-3-5-10(14)6-4-9/h3-7H,2,8H2,1H3,(H2,15,16,17,18). The van der Waals surface area contributed by atoms with Gasteiger partial charge in [0.1, 0.15) is 17.5 Å². The van der Waals surface area contributed by atoms with Crippen LogP contribution >= 0.6 is 0 Å². The Labute approximate surface area is 104 Å². The van der Waals surface area contributed by atoms with E-state index < -0.39 is 0 Å². The lowest BCUT2D eigenvalue weighted by molar-refractivity contribution is 0.627. The summed E-state index contributed by atoms with van der Waals surface area (Å²) < 4.78 is 12.7. The lowest BCUT2D eigenvalue weighted by Gasteiger charge is -2.06. The minimum Gasteiger partial charge on any atom is -0.366 e. The fraction of sp³-hybridized carbons (Fsp3) is 0.231. The second-order valence-electron chi connectivity index (χ2n) is 3.91. The molecular formula is C13H14FN3O. The van der Waals surface area contributed by atoms with Crippen molar-refractivity contribution in [2.24, 2.45) is 0 Å². The molecule has 1 heterocycles. The molecule has 2 N–H and O–H groups in total. The first-order valence-corrected chi connectivity index (χ1v) is 5.76. The fourth-order valence-electron chi connectivity index (χ4n) is 1.56. The third-order valence-corrected chi connectivity index (χ3v) is 2.51. The molecule has 0 saturated heterocycles. The molecule has 0 spiro atoms. The van der Waals surface area contributed by atoms with Crippen molar-refractivity contribution in [1.29, 1.82) is 0 Å². The zero-order valence-electron chi connectivity index (χ0n) is 10.0. The summed E-state index contributed by atoms with van der Waals surface area (Å²) in [7, 11) is 0. The number of rotatable bonds is 4. The number of benzene rings is 1. The summed E-state index contributed by atoms with van der Waals surface area (Å²) in [6.07, 6.45) is 0.668. The van der Waals surface area contributed by atoms with Crippen molar-refractivity contribution < 1.29 is 4.39 Å². The van der Waals surface area contributed by atoms with E-state index >= 15 is 0 Å². The predicted octanol–water partition coefficient (Wildman–Crippen LogP) is 2.08. The van der Waals surface area contributed by atoms with E-state index in [9.17, 15) is 9.18 Å². The summed E-state index contributed by atoms with van der Waals surface area (Å²) in [6, 6.07) is 7.59. The fourth-order valence-corrected chi connectivity index (χ4v) is 1.56. The van der Waals surface area contributed by atoms with Gasteiger partial charge < -0.3 is 10.3 Å². The van der Waals surface area contributed by atoms with E-state index in [-0.39, 0.29) is 11.4 Å². The molecule has 0 unspecified atom stereocenters. The molecule has 0 aliphatic carbocycles. The van der Waals surface area contributed by atoms with Gasteiger partial charge in [-0.05, 0) is 17.7 Å². The van der Waals surface area contributed by atoms with Gasteiger partial charge in [-0.1, -0.05) is 19.1 Å². The van der Waals surface area contributed by atoms with Crippen LogP contribution in [0.1, 0.15) is 18.3 Å². The van der Waals surface area contributed by atoms with Gasteiger partial charge in [0.05, 0.1) is 0 Å². The molecule has 0 aliphatic rings. The van der Waals surface area contributed by atoms with E-state index in [4.69, 9.17) is 0 Å². The van der Waals surface area contributed by atoms with E-state index in [0.29, 0.717) is 24.6 Å². The van der Waals surface area contributed by atoms with Crippen molar-refractivity contribution in [3.05, 3.63) is 57.9 Å². The largest absolute Gasteiger partial charge is 0.366 e. The Balaban J connectivity index is 2.08. The minimum absolute atomic E-state index is 0.177. The van der Waals surface area contributed by atoms with Gasteiger partial charge in [-0.15, -0.1) is 0 Å². The summed E-state index contributed by atoms with van der Waals surface area (Å²) in [5.41, 5.74) is 0.750. The van der Waals surface area contributed by atoms with Crippen LogP contribution in [0.2, 0.25) is 0 Å². The van der Waals surface area contributed by atoms with Crippen LogP contribution in [0, 0.1) is 5.82 Å². The summed E-state index contributed by atoms with van der Waals surface area (Å²) in [5.74, 6) is 0.908. The molecule has 94 valence electrons. The molecule has 2 rings (SSSR count). The Kier molecular flexibility index (Phi) is 3.72. The van der Waals surface area contributed by atoms with Crippen molar-refractivity contribution in [3.8, 4) is 0 Å². The van der Waals surface area contributed by atoms with E-state index in [0.717, 1.165) is 5.56 Å². The highest BCUT2D eigenvalue weighted by molar-refractivity contribution is 5.34. The Morgan fingerprint density at radius 3 is 2.72 bits per heavy atom. The highest BCUT2D eigenvalue weighted by Gasteiger charge is 2.00. The number of anilines is 1. The zero-order valence-corrected chi connectivity index (χ0v) is 10.0. The van der Waals surface area contributed by atoms with Crippen LogP contribution in [0.25, 0.3) is 0 Å². The summed E-state index contributed by atoms with van der Waals surface area (Å²) in [5, 5.41) is 3.04. The molecule has 0 bridgehead atoms. The number of nitrogens with zero attached hydrogens (tertiary/aromatic N) is 1. The van der Waals surface area contributed by atoms with E-state index in [1.165, 1.54) is 18.2 Å². The first-order chi connectivity index (χ1) is 8.67. The first kappa shape index (κ1) is 12.3. The Morgan fingerprint density at radius 1 is 1.33 bits per heavy atom. The number of aryl methyl sites for hydroxylation is 1. The van der Waals surface area contributed by atoms with Gasteiger partial charge in [0.2, 0.25) is 0 Å². The topological polar surface area (TPSA) is 57.8 Å². The number of H-pyrrole nitrogens is 1. The van der Waals surface area contributed by atoms with Gasteiger partial charge in [-0.25, -0.2) is 9.37 Å². The molecule has 0 fully saturated rings. The van der Waals surface area contributed by atoms with Crippen LogP contribution in [0.5, 0.6) is 0 Å². The van der Waals surface area contributed by atoms with Crippen molar-refractivity contribution in [2.45, 2.75) is 19.9 Å². The lowest BCUT2D eigenvalue weighted by Crippen LogP contribution is -2.13.